The van der Waals surface area contributed by atoms with Crippen molar-refractivity contribution in [2.45, 2.75) is 77.7 Å². The molecule has 0 bridgehead atoms. The maximum absolute atomic E-state index is 11.8. The highest BCUT2D eigenvalue weighted by Gasteiger charge is 2.39. The van der Waals surface area contributed by atoms with Gasteiger partial charge in [0.25, 0.3) is 0 Å². The van der Waals surface area contributed by atoms with Gasteiger partial charge in [0.05, 0.1) is 0 Å². The number of hydrogen-bond acceptors (Lipinski definition) is 4. The van der Waals surface area contributed by atoms with E-state index in [1.807, 2.05) is 20.8 Å². The van der Waals surface area contributed by atoms with Crippen molar-refractivity contribution in [1.29, 1.82) is 0 Å². The zero-order valence-corrected chi connectivity index (χ0v) is 13.8. The van der Waals surface area contributed by atoms with Crippen LogP contribution in [0.1, 0.15) is 54.4 Å². The maximum atomic E-state index is 11.8. The van der Waals surface area contributed by atoms with E-state index in [2.05, 4.69) is 10.6 Å². The zero-order chi connectivity index (χ0) is 16.4. The molecule has 1 aliphatic rings. The Balaban J connectivity index is 2.33. The average molecular weight is 300 g/mol. The van der Waals surface area contributed by atoms with Gasteiger partial charge in [0, 0.05) is 11.6 Å². The van der Waals surface area contributed by atoms with E-state index in [4.69, 9.17) is 4.74 Å². The second-order valence-electron chi connectivity index (χ2n) is 7.76. The molecule has 3 N–H and O–H groups in total. The van der Waals surface area contributed by atoms with Crippen molar-refractivity contribution in [3.8, 4) is 0 Å². The number of rotatable bonds is 3. The van der Waals surface area contributed by atoms with Crippen LogP contribution < -0.4 is 10.6 Å². The molecule has 21 heavy (non-hydrogen) atoms. The van der Waals surface area contributed by atoms with Crippen LogP contribution in [-0.4, -0.2) is 40.4 Å². The van der Waals surface area contributed by atoms with Crippen molar-refractivity contribution in [3.05, 3.63) is 0 Å². The van der Waals surface area contributed by atoms with Gasteiger partial charge >= 0.3 is 6.09 Å². The van der Waals surface area contributed by atoms with E-state index in [1.165, 1.54) is 0 Å². The molecule has 0 saturated heterocycles. The number of aliphatic hydroxyl groups is 1. The van der Waals surface area contributed by atoms with Crippen LogP contribution in [-0.2, 0) is 9.53 Å². The van der Waals surface area contributed by atoms with Crippen molar-refractivity contribution in [2.75, 3.05) is 0 Å². The summed E-state index contributed by atoms with van der Waals surface area (Å²) in [6.45, 7) is 11.0. The van der Waals surface area contributed by atoms with Crippen LogP contribution in [0.5, 0.6) is 0 Å². The molecule has 0 aromatic rings. The van der Waals surface area contributed by atoms with Crippen molar-refractivity contribution in [1.82, 2.24) is 10.6 Å². The Hall–Kier alpha value is -1.30. The Morgan fingerprint density at radius 1 is 1.14 bits per heavy atom. The van der Waals surface area contributed by atoms with Gasteiger partial charge in [0.2, 0.25) is 5.91 Å². The summed E-state index contributed by atoms with van der Waals surface area (Å²) in [5, 5.41) is 15.5. The molecule has 6 nitrogen and oxygen atoms in total. The fraction of sp³-hybridized carbons (Fsp3) is 0.867. The molecule has 1 saturated carbocycles. The molecule has 1 rings (SSSR count). The summed E-state index contributed by atoms with van der Waals surface area (Å²) in [6.07, 6.45) is -0.323. The summed E-state index contributed by atoms with van der Waals surface area (Å²) >= 11 is 0. The highest BCUT2D eigenvalue weighted by atomic mass is 16.6. The molecule has 0 spiro atoms. The molecule has 1 fully saturated rings. The van der Waals surface area contributed by atoms with Crippen molar-refractivity contribution >= 4 is 12.0 Å². The van der Waals surface area contributed by atoms with Crippen molar-refractivity contribution in [3.63, 3.8) is 0 Å². The lowest BCUT2D eigenvalue weighted by molar-refractivity contribution is -0.135. The van der Waals surface area contributed by atoms with Crippen molar-refractivity contribution in [2.24, 2.45) is 5.92 Å². The smallest absolute Gasteiger partial charge is 0.407 e. The first-order chi connectivity index (χ1) is 9.37. The zero-order valence-electron chi connectivity index (χ0n) is 13.8. The van der Waals surface area contributed by atoms with Crippen LogP contribution in [0.25, 0.3) is 0 Å². The summed E-state index contributed by atoms with van der Waals surface area (Å²) in [6, 6.07) is -0.0399. The van der Waals surface area contributed by atoms with Gasteiger partial charge in [-0.05, 0) is 60.3 Å². The average Bonchev–Trinajstić information content (AvgIpc) is 2.16. The first-order valence-electron chi connectivity index (χ1n) is 7.37. The predicted octanol–water partition coefficient (Wildman–Crippen LogP) is 1.57. The van der Waals surface area contributed by atoms with Gasteiger partial charge < -0.3 is 20.5 Å². The summed E-state index contributed by atoms with van der Waals surface area (Å²) in [5.41, 5.74) is -0.894. The lowest BCUT2D eigenvalue weighted by Crippen LogP contribution is -2.54. The summed E-state index contributed by atoms with van der Waals surface area (Å²) in [5.74, 6) is -0.476. The minimum atomic E-state index is -1.03. The number of ether oxygens (including phenoxy) is 1. The first kappa shape index (κ1) is 17.8. The highest BCUT2D eigenvalue weighted by Crippen LogP contribution is 2.31. The molecule has 122 valence electrons. The third-order valence-corrected chi connectivity index (χ3v) is 3.11. The molecule has 1 atom stereocenters. The van der Waals surface area contributed by atoms with Gasteiger partial charge in [-0.2, -0.15) is 0 Å². The maximum Gasteiger partial charge on any atom is 0.407 e. The fourth-order valence-corrected chi connectivity index (χ4v) is 2.17. The second-order valence-corrected chi connectivity index (χ2v) is 7.76. The molecule has 0 aromatic carbocycles. The van der Waals surface area contributed by atoms with E-state index in [9.17, 15) is 14.7 Å². The van der Waals surface area contributed by atoms with Gasteiger partial charge in [-0.3, -0.25) is 4.79 Å². The number of aliphatic hydroxyl groups excluding tert-OH is 1. The third kappa shape index (κ3) is 6.33. The molecule has 1 aliphatic carbocycles. The summed E-state index contributed by atoms with van der Waals surface area (Å²) in [4.78, 5) is 23.4. The Labute approximate surface area is 126 Å². The number of alkyl carbamates (subject to hydrolysis) is 1. The van der Waals surface area contributed by atoms with Crippen LogP contribution in [0.3, 0.4) is 0 Å². The summed E-state index contributed by atoms with van der Waals surface area (Å²) < 4.78 is 5.16. The number of nitrogens with one attached hydrogen (secondary N) is 2. The summed E-state index contributed by atoms with van der Waals surface area (Å²) in [7, 11) is 0. The monoisotopic (exact) mass is 300 g/mol. The van der Waals surface area contributed by atoms with Crippen LogP contribution in [0.15, 0.2) is 0 Å². The molecule has 0 aliphatic heterocycles. The molecule has 0 heterocycles. The van der Waals surface area contributed by atoms with E-state index in [0.717, 1.165) is 0 Å². The molecule has 6 heteroatoms. The number of carbonyl (C=O) groups is 2. The SMILES string of the molecule is CC(C)(C)NC(=O)C(O)C1CC(NC(=O)OC(C)(C)C)C1. The van der Waals surface area contributed by atoms with Crippen molar-refractivity contribution < 1.29 is 19.4 Å². The Morgan fingerprint density at radius 3 is 2.10 bits per heavy atom. The van der Waals surface area contributed by atoms with Gasteiger partial charge in [-0.15, -0.1) is 0 Å². The minimum Gasteiger partial charge on any atom is -0.444 e. The second kappa shape index (κ2) is 6.22. The molecule has 0 aromatic heterocycles. The number of carbonyl (C=O) groups excluding carboxylic acids is 2. The first-order valence-corrected chi connectivity index (χ1v) is 7.37. The van der Waals surface area contributed by atoms with Crippen LogP contribution in [0.4, 0.5) is 4.79 Å². The molecule has 1 unspecified atom stereocenters. The van der Waals surface area contributed by atoms with Gasteiger partial charge in [-0.1, -0.05) is 0 Å². The van der Waals surface area contributed by atoms with E-state index >= 15 is 0 Å². The highest BCUT2D eigenvalue weighted by molar-refractivity contribution is 5.81. The predicted molar refractivity (Wildman–Crippen MR) is 79.8 cm³/mol. The van der Waals surface area contributed by atoms with Crippen LogP contribution >= 0.6 is 0 Å². The lowest BCUT2D eigenvalue weighted by atomic mass is 9.76. The van der Waals surface area contributed by atoms with E-state index in [0.29, 0.717) is 12.8 Å². The molecular formula is C15H28N2O4. The normalized spacial score (nSPS) is 23.8. The largest absolute Gasteiger partial charge is 0.444 e. The molecule has 2 amide bonds. The minimum absolute atomic E-state index is 0.0399. The standard InChI is InChI=1S/C15H28N2O4/c1-14(2,3)17-12(19)11(18)9-7-10(8-9)16-13(20)21-15(4,5)6/h9-11,18H,7-8H2,1-6H3,(H,16,20)(H,17,19). The fourth-order valence-electron chi connectivity index (χ4n) is 2.17. The number of amides is 2. The van der Waals surface area contributed by atoms with E-state index in [-0.39, 0.29) is 23.4 Å². The Bertz CT molecular complexity index is 389. The quantitative estimate of drug-likeness (QED) is 0.738. The lowest BCUT2D eigenvalue weighted by Gasteiger charge is -2.38. The molecular weight excluding hydrogens is 272 g/mol. The Kier molecular flexibility index (Phi) is 5.25. The molecule has 0 radical (unpaired) electrons. The van der Waals surface area contributed by atoms with Crippen LogP contribution in [0.2, 0.25) is 0 Å². The van der Waals surface area contributed by atoms with Gasteiger partial charge in [0.1, 0.15) is 11.7 Å². The van der Waals surface area contributed by atoms with Gasteiger partial charge in [0.15, 0.2) is 0 Å². The topological polar surface area (TPSA) is 87.7 Å². The van der Waals surface area contributed by atoms with Crippen LogP contribution in [0, 0.1) is 5.92 Å². The van der Waals surface area contributed by atoms with E-state index < -0.39 is 17.8 Å². The number of hydrogen-bond donors (Lipinski definition) is 3. The van der Waals surface area contributed by atoms with Gasteiger partial charge in [-0.25, -0.2) is 4.79 Å². The van der Waals surface area contributed by atoms with E-state index in [1.54, 1.807) is 20.8 Å². The third-order valence-electron chi connectivity index (χ3n) is 3.11. The Morgan fingerprint density at radius 2 is 1.67 bits per heavy atom.